The van der Waals surface area contributed by atoms with Gasteiger partial charge in [-0.2, -0.15) is 0 Å². The highest BCUT2D eigenvalue weighted by atomic mass is 16.2. The highest BCUT2D eigenvalue weighted by Gasteiger charge is 2.18. The molecule has 1 amide bonds. The molecule has 0 saturated heterocycles. The minimum atomic E-state index is -0.210. The van der Waals surface area contributed by atoms with Gasteiger partial charge in [0.1, 0.15) is 12.4 Å². The van der Waals surface area contributed by atoms with Crippen molar-refractivity contribution in [2.45, 2.75) is 46.1 Å². The molecule has 0 spiro atoms. The molecule has 1 N–H and O–H groups in total. The molecule has 1 aliphatic carbocycles. The van der Waals surface area contributed by atoms with Gasteiger partial charge in [-0.1, -0.05) is 12.1 Å². The van der Waals surface area contributed by atoms with Crippen molar-refractivity contribution in [1.29, 1.82) is 0 Å². The number of amides is 1. The quantitative estimate of drug-likeness (QED) is 0.946. The number of nitrogens with zero attached hydrogens (tertiary/aromatic N) is 2. The molecule has 1 aliphatic rings. The first-order valence-corrected chi connectivity index (χ1v) is 8.00. The van der Waals surface area contributed by atoms with Crippen molar-refractivity contribution in [3.63, 3.8) is 0 Å². The second-order valence-corrected chi connectivity index (χ2v) is 6.10. The lowest BCUT2D eigenvalue weighted by molar-refractivity contribution is -0.116. The molecule has 1 heterocycles. The minimum Gasteiger partial charge on any atom is -0.325 e. The summed E-state index contributed by atoms with van der Waals surface area (Å²) in [6.07, 6.45) is 3.72. The summed E-state index contributed by atoms with van der Waals surface area (Å²) in [5.74, 6) is 0.397. The Labute approximate surface area is 135 Å². The monoisotopic (exact) mass is 311 g/mol. The van der Waals surface area contributed by atoms with E-state index in [9.17, 15) is 9.59 Å². The van der Waals surface area contributed by atoms with Gasteiger partial charge in [-0.15, -0.1) is 0 Å². The molecular formula is C18H21N3O2. The molecule has 1 aromatic carbocycles. The number of benzene rings is 1. The van der Waals surface area contributed by atoms with Gasteiger partial charge in [-0.3, -0.25) is 14.2 Å². The average Bonchev–Trinajstić information content (AvgIpc) is 2.51. The Kier molecular flexibility index (Phi) is 4.28. The van der Waals surface area contributed by atoms with Crippen LogP contribution < -0.4 is 10.9 Å². The predicted molar refractivity (Wildman–Crippen MR) is 89.7 cm³/mol. The number of aromatic nitrogens is 2. The first-order valence-electron chi connectivity index (χ1n) is 8.00. The van der Waals surface area contributed by atoms with Gasteiger partial charge in [0.25, 0.3) is 5.56 Å². The number of fused-ring (bicyclic) bond motifs is 1. The highest BCUT2D eigenvalue weighted by Crippen LogP contribution is 2.16. The van der Waals surface area contributed by atoms with Crippen molar-refractivity contribution < 1.29 is 4.79 Å². The number of carbonyl (C=O) groups is 1. The lowest BCUT2D eigenvalue weighted by Gasteiger charge is -2.18. The maximum absolute atomic E-state index is 12.6. The molecule has 5 nitrogen and oxygen atoms in total. The summed E-state index contributed by atoms with van der Waals surface area (Å²) >= 11 is 0. The number of hydrogen-bond donors (Lipinski definition) is 1. The summed E-state index contributed by atoms with van der Waals surface area (Å²) in [4.78, 5) is 29.4. The lowest BCUT2D eigenvalue weighted by Crippen LogP contribution is -2.34. The summed E-state index contributed by atoms with van der Waals surface area (Å²) in [7, 11) is 0. The van der Waals surface area contributed by atoms with Crippen LogP contribution in [0, 0.1) is 13.8 Å². The zero-order valence-corrected chi connectivity index (χ0v) is 13.6. The second-order valence-electron chi connectivity index (χ2n) is 6.10. The van der Waals surface area contributed by atoms with Gasteiger partial charge in [-0.05, 0) is 57.2 Å². The summed E-state index contributed by atoms with van der Waals surface area (Å²) < 4.78 is 1.48. The van der Waals surface area contributed by atoms with Gasteiger partial charge in [0.15, 0.2) is 0 Å². The lowest BCUT2D eigenvalue weighted by atomic mass is 9.97. The van der Waals surface area contributed by atoms with Crippen molar-refractivity contribution >= 4 is 11.6 Å². The molecular weight excluding hydrogens is 290 g/mol. The molecule has 23 heavy (non-hydrogen) atoms. The van der Waals surface area contributed by atoms with Crippen molar-refractivity contribution in [2.75, 3.05) is 5.32 Å². The maximum Gasteiger partial charge on any atom is 0.257 e. The van der Waals surface area contributed by atoms with Crippen LogP contribution in [0.3, 0.4) is 0 Å². The fourth-order valence-electron chi connectivity index (χ4n) is 3.06. The van der Waals surface area contributed by atoms with Crippen molar-refractivity contribution in [3.8, 4) is 0 Å². The third-order valence-electron chi connectivity index (χ3n) is 4.23. The largest absolute Gasteiger partial charge is 0.325 e. The second kappa shape index (κ2) is 6.36. The summed E-state index contributed by atoms with van der Waals surface area (Å²) in [5.41, 5.74) is 3.45. The molecule has 2 aromatic rings. The molecule has 0 fully saturated rings. The first kappa shape index (κ1) is 15.5. The Bertz CT molecular complexity index is 808. The Morgan fingerprint density at radius 3 is 2.83 bits per heavy atom. The molecule has 0 saturated carbocycles. The Hall–Kier alpha value is -2.43. The third kappa shape index (κ3) is 3.33. The topological polar surface area (TPSA) is 64.0 Å². The van der Waals surface area contributed by atoms with Crippen molar-refractivity contribution in [3.05, 3.63) is 57.3 Å². The van der Waals surface area contributed by atoms with Gasteiger partial charge in [-0.25, -0.2) is 4.98 Å². The molecule has 0 unspecified atom stereocenters. The summed E-state index contributed by atoms with van der Waals surface area (Å²) in [6, 6.07) is 7.60. The Morgan fingerprint density at radius 2 is 2.04 bits per heavy atom. The Morgan fingerprint density at radius 1 is 1.26 bits per heavy atom. The molecule has 5 heteroatoms. The standard InChI is InChI=1S/C18H21N3O2/c1-12-6-5-7-14(10-12)20-17(22)11-21-13(2)19-16-9-4-3-8-15(16)18(21)23/h5-7,10H,3-4,8-9,11H2,1-2H3,(H,20,22). The van der Waals surface area contributed by atoms with E-state index in [0.717, 1.165) is 48.2 Å². The Balaban J connectivity index is 1.82. The smallest absolute Gasteiger partial charge is 0.257 e. The van der Waals surface area contributed by atoms with E-state index in [1.54, 1.807) is 6.92 Å². The SMILES string of the molecule is Cc1cccc(NC(=O)Cn2c(C)nc3c(c2=O)CCCC3)c1. The molecule has 3 rings (SSSR count). The van der Waals surface area contributed by atoms with E-state index in [1.807, 2.05) is 31.2 Å². The molecule has 1 aromatic heterocycles. The van der Waals surface area contributed by atoms with Crippen LogP contribution >= 0.6 is 0 Å². The van der Waals surface area contributed by atoms with Crippen LogP contribution in [0.4, 0.5) is 5.69 Å². The van der Waals surface area contributed by atoms with Crippen LogP contribution in [0.1, 0.15) is 35.5 Å². The zero-order chi connectivity index (χ0) is 16.4. The predicted octanol–water partition coefficient (Wildman–Crippen LogP) is 2.38. The molecule has 0 radical (unpaired) electrons. The van der Waals surface area contributed by atoms with Gasteiger partial charge < -0.3 is 5.32 Å². The van der Waals surface area contributed by atoms with Crippen LogP contribution in [0.15, 0.2) is 29.1 Å². The first-order chi connectivity index (χ1) is 11.0. The van der Waals surface area contributed by atoms with Gasteiger partial charge in [0.05, 0.1) is 5.69 Å². The van der Waals surface area contributed by atoms with E-state index in [4.69, 9.17) is 0 Å². The van der Waals surface area contributed by atoms with E-state index >= 15 is 0 Å². The summed E-state index contributed by atoms with van der Waals surface area (Å²) in [5, 5.41) is 2.84. The number of hydrogen-bond acceptors (Lipinski definition) is 3. The fraction of sp³-hybridized carbons (Fsp3) is 0.389. The summed E-state index contributed by atoms with van der Waals surface area (Å²) in [6.45, 7) is 3.76. The van der Waals surface area contributed by atoms with Crippen LogP contribution in [-0.2, 0) is 24.2 Å². The molecule has 0 atom stereocenters. The average molecular weight is 311 g/mol. The van der Waals surface area contributed by atoms with Crippen LogP contribution in [0.25, 0.3) is 0 Å². The minimum absolute atomic E-state index is 0.00110. The van der Waals surface area contributed by atoms with Crippen LogP contribution in [0.2, 0.25) is 0 Å². The van der Waals surface area contributed by atoms with E-state index in [0.29, 0.717) is 5.82 Å². The molecule has 0 bridgehead atoms. The molecule has 0 aliphatic heterocycles. The van der Waals surface area contributed by atoms with Crippen LogP contribution in [-0.4, -0.2) is 15.5 Å². The third-order valence-corrected chi connectivity index (χ3v) is 4.23. The van der Waals surface area contributed by atoms with E-state index in [1.165, 1.54) is 4.57 Å². The fourth-order valence-corrected chi connectivity index (χ4v) is 3.06. The van der Waals surface area contributed by atoms with E-state index in [2.05, 4.69) is 10.3 Å². The van der Waals surface area contributed by atoms with E-state index < -0.39 is 0 Å². The molecule has 120 valence electrons. The number of nitrogens with one attached hydrogen (secondary N) is 1. The number of rotatable bonds is 3. The van der Waals surface area contributed by atoms with Crippen molar-refractivity contribution in [1.82, 2.24) is 9.55 Å². The number of carbonyl (C=O) groups excluding carboxylic acids is 1. The van der Waals surface area contributed by atoms with Gasteiger partial charge in [0.2, 0.25) is 5.91 Å². The van der Waals surface area contributed by atoms with Gasteiger partial charge >= 0.3 is 0 Å². The van der Waals surface area contributed by atoms with Gasteiger partial charge in [0, 0.05) is 11.3 Å². The van der Waals surface area contributed by atoms with Crippen molar-refractivity contribution in [2.24, 2.45) is 0 Å². The highest BCUT2D eigenvalue weighted by molar-refractivity contribution is 5.90. The maximum atomic E-state index is 12.6. The normalized spacial score (nSPS) is 13.5. The zero-order valence-electron chi connectivity index (χ0n) is 13.6. The van der Waals surface area contributed by atoms with Crippen LogP contribution in [0.5, 0.6) is 0 Å². The number of anilines is 1. The number of aryl methyl sites for hydroxylation is 3. The van der Waals surface area contributed by atoms with E-state index in [-0.39, 0.29) is 18.0 Å².